The molecule has 3 rings (SSSR count). The van der Waals surface area contributed by atoms with Gasteiger partial charge in [0.05, 0.1) is 10.4 Å². The van der Waals surface area contributed by atoms with E-state index >= 15 is 0 Å². The van der Waals surface area contributed by atoms with Crippen molar-refractivity contribution < 1.29 is 8.42 Å². The predicted molar refractivity (Wildman–Crippen MR) is 88.3 cm³/mol. The Morgan fingerprint density at radius 2 is 1.76 bits per heavy atom. The summed E-state index contributed by atoms with van der Waals surface area (Å²) in [5.74, 6) is 0. The lowest BCUT2D eigenvalue weighted by Gasteiger charge is -2.10. The Balaban J connectivity index is 2.26. The fourth-order valence-electron chi connectivity index (χ4n) is 2.37. The highest BCUT2D eigenvalue weighted by Gasteiger charge is 2.19. The van der Waals surface area contributed by atoms with Gasteiger partial charge in [-0.15, -0.1) is 0 Å². The summed E-state index contributed by atoms with van der Waals surface area (Å²) in [6, 6.07) is 14.5. The summed E-state index contributed by atoms with van der Waals surface area (Å²) in [7, 11) is -3.58. The molecular weight excluding hydrogens is 350 g/mol. The van der Waals surface area contributed by atoms with Gasteiger partial charge in [0.2, 0.25) is 0 Å². The van der Waals surface area contributed by atoms with Gasteiger partial charge in [-0.2, -0.15) is 0 Å². The lowest BCUT2D eigenvalue weighted by atomic mass is 10.2. The third kappa shape index (κ3) is 2.40. The molecule has 0 saturated heterocycles. The first-order chi connectivity index (χ1) is 10.0. The molecule has 0 spiro atoms. The zero-order valence-electron chi connectivity index (χ0n) is 11.5. The number of para-hydroxylation sites is 1. The molecule has 3 nitrogen and oxygen atoms in total. The van der Waals surface area contributed by atoms with Crippen LogP contribution in [0.2, 0.25) is 0 Å². The first-order valence-corrected chi connectivity index (χ1v) is 9.07. The van der Waals surface area contributed by atoms with Crippen LogP contribution in [0.15, 0.2) is 59.6 Å². The maximum Gasteiger partial charge on any atom is 0.268 e. The lowest BCUT2D eigenvalue weighted by molar-refractivity contribution is 0.589. The predicted octanol–water partition coefficient (Wildman–Crippen LogP) is 4.08. The molecule has 0 radical (unpaired) electrons. The Labute approximate surface area is 132 Å². The number of alkyl halides is 1. The van der Waals surface area contributed by atoms with Crippen LogP contribution in [-0.4, -0.2) is 12.4 Å². The average molecular weight is 364 g/mol. The van der Waals surface area contributed by atoms with Gasteiger partial charge in [0.1, 0.15) is 0 Å². The molecule has 1 heterocycles. The fraction of sp³-hybridized carbons (Fsp3) is 0.125. The molecule has 0 atom stereocenters. The lowest BCUT2D eigenvalue weighted by Crippen LogP contribution is -2.12. The van der Waals surface area contributed by atoms with E-state index in [-0.39, 0.29) is 0 Å². The molecule has 0 amide bonds. The number of hydrogen-bond acceptors (Lipinski definition) is 2. The smallest absolute Gasteiger partial charge is 0.241 e. The molecular formula is C16H14BrNO2S. The van der Waals surface area contributed by atoms with Crippen molar-refractivity contribution in [3.8, 4) is 0 Å². The monoisotopic (exact) mass is 363 g/mol. The minimum absolute atomic E-state index is 0.301. The first-order valence-electron chi connectivity index (χ1n) is 6.51. The van der Waals surface area contributed by atoms with Crippen molar-refractivity contribution in [2.75, 3.05) is 0 Å². The fourth-order valence-corrected chi connectivity index (χ4v) is 4.21. The Bertz CT molecular complexity index is 896. The second kappa shape index (κ2) is 5.31. The molecule has 2 aromatic carbocycles. The first kappa shape index (κ1) is 14.4. The Hall–Kier alpha value is -1.59. The van der Waals surface area contributed by atoms with Gasteiger partial charge in [-0.3, -0.25) is 0 Å². The van der Waals surface area contributed by atoms with Crippen LogP contribution in [0.5, 0.6) is 0 Å². The minimum atomic E-state index is -3.58. The summed E-state index contributed by atoms with van der Waals surface area (Å²) in [6.07, 6.45) is 1.62. The highest BCUT2D eigenvalue weighted by atomic mass is 79.9. The van der Waals surface area contributed by atoms with Gasteiger partial charge in [0, 0.05) is 16.9 Å². The van der Waals surface area contributed by atoms with Gasteiger partial charge < -0.3 is 0 Å². The maximum atomic E-state index is 12.8. The number of fused-ring (bicyclic) bond motifs is 1. The third-order valence-electron chi connectivity index (χ3n) is 3.48. The standard InChI is InChI=1S/C16H14BrNO2S/c1-12-5-7-15(8-6-12)21(19,20)18-10-9-13-3-2-4-14(11-17)16(13)18/h2-10H,11H2,1H3. The van der Waals surface area contributed by atoms with Crippen molar-refractivity contribution in [3.63, 3.8) is 0 Å². The van der Waals surface area contributed by atoms with E-state index in [0.29, 0.717) is 10.2 Å². The highest BCUT2D eigenvalue weighted by molar-refractivity contribution is 9.08. The molecule has 1 aromatic heterocycles. The quantitative estimate of drug-likeness (QED) is 0.657. The highest BCUT2D eigenvalue weighted by Crippen LogP contribution is 2.26. The zero-order chi connectivity index (χ0) is 15.0. The number of benzene rings is 2. The average Bonchev–Trinajstić information content (AvgIpc) is 2.92. The molecule has 0 unspecified atom stereocenters. The van der Waals surface area contributed by atoms with Gasteiger partial charge in [0.25, 0.3) is 10.0 Å². The second-order valence-corrected chi connectivity index (χ2v) is 7.29. The molecule has 5 heteroatoms. The zero-order valence-corrected chi connectivity index (χ0v) is 13.9. The van der Waals surface area contributed by atoms with Crippen LogP contribution < -0.4 is 0 Å². The van der Waals surface area contributed by atoms with Crippen molar-refractivity contribution in [2.24, 2.45) is 0 Å². The Morgan fingerprint density at radius 1 is 1.05 bits per heavy atom. The van der Waals surface area contributed by atoms with E-state index in [2.05, 4.69) is 15.9 Å². The minimum Gasteiger partial charge on any atom is -0.241 e. The summed E-state index contributed by atoms with van der Waals surface area (Å²) < 4.78 is 27.0. The summed E-state index contributed by atoms with van der Waals surface area (Å²) in [5.41, 5.74) is 2.72. The molecule has 0 saturated carbocycles. The largest absolute Gasteiger partial charge is 0.268 e. The van der Waals surface area contributed by atoms with Crippen molar-refractivity contribution >= 4 is 36.9 Å². The number of hydrogen-bond donors (Lipinski definition) is 0. The van der Waals surface area contributed by atoms with Crippen LogP contribution in [0.1, 0.15) is 11.1 Å². The van der Waals surface area contributed by atoms with E-state index in [1.807, 2.05) is 43.3 Å². The van der Waals surface area contributed by atoms with Crippen LogP contribution in [0, 0.1) is 6.92 Å². The van der Waals surface area contributed by atoms with Crippen LogP contribution >= 0.6 is 15.9 Å². The van der Waals surface area contributed by atoms with Crippen molar-refractivity contribution in [3.05, 3.63) is 65.9 Å². The van der Waals surface area contributed by atoms with E-state index in [9.17, 15) is 8.42 Å². The molecule has 0 fully saturated rings. The molecule has 0 N–H and O–H groups in total. The topological polar surface area (TPSA) is 39.1 Å². The summed E-state index contributed by atoms with van der Waals surface area (Å²) >= 11 is 3.42. The Kier molecular flexibility index (Phi) is 3.63. The maximum absolute atomic E-state index is 12.8. The van der Waals surface area contributed by atoms with E-state index in [1.54, 1.807) is 18.3 Å². The SMILES string of the molecule is Cc1ccc(S(=O)(=O)n2ccc3cccc(CBr)c32)cc1. The van der Waals surface area contributed by atoms with E-state index in [4.69, 9.17) is 0 Å². The van der Waals surface area contributed by atoms with Crippen LogP contribution in [0.4, 0.5) is 0 Å². The molecule has 3 aromatic rings. The number of halogens is 1. The van der Waals surface area contributed by atoms with Crippen LogP contribution in [0.25, 0.3) is 10.9 Å². The van der Waals surface area contributed by atoms with Crippen molar-refractivity contribution in [1.82, 2.24) is 3.97 Å². The second-order valence-electron chi connectivity index (χ2n) is 4.92. The summed E-state index contributed by atoms with van der Waals surface area (Å²) in [5, 5.41) is 1.53. The van der Waals surface area contributed by atoms with Gasteiger partial charge in [-0.25, -0.2) is 12.4 Å². The third-order valence-corrected chi connectivity index (χ3v) is 5.78. The molecule has 0 aliphatic rings. The molecule has 0 aliphatic carbocycles. The molecule has 0 aliphatic heterocycles. The summed E-state index contributed by atoms with van der Waals surface area (Å²) in [6.45, 7) is 1.93. The van der Waals surface area contributed by atoms with E-state index in [1.165, 1.54) is 3.97 Å². The molecule has 108 valence electrons. The summed E-state index contributed by atoms with van der Waals surface area (Å²) in [4.78, 5) is 0.301. The van der Waals surface area contributed by atoms with Crippen molar-refractivity contribution in [1.29, 1.82) is 0 Å². The number of aryl methyl sites for hydroxylation is 1. The molecule has 0 bridgehead atoms. The number of aromatic nitrogens is 1. The molecule has 21 heavy (non-hydrogen) atoms. The van der Waals surface area contributed by atoms with Gasteiger partial charge >= 0.3 is 0 Å². The van der Waals surface area contributed by atoms with Gasteiger partial charge in [-0.1, -0.05) is 51.8 Å². The number of nitrogens with zero attached hydrogens (tertiary/aromatic N) is 1. The van der Waals surface area contributed by atoms with Gasteiger partial charge in [0.15, 0.2) is 0 Å². The van der Waals surface area contributed by atoms with Crippen LogP contribution in [-0.2, 0) is 15.4 Å². The number of rotatable bonds is 3. The van der Waals surface area contributed by atoms with Gasteiger partial charge in [-0.05, 0) is 30.7 Å². The van der Waals surface area contributed by atoms with E-state index in [0.717, 1.165) is 22.0 Å². The van der Waals surface area contributed by atoms with E-state index < -0.39 is 10.0 Å². The van der Waals surface area contributed by atoms with Crippen LogP contribution in [0.3, 0.4) is 0 Å². The Morgan fingerprint density at radius 3 is 2.43 bits per heavy atom. The van der Waals surface area contributed by atoms with Crippen molar-refractivity contribution in [2.45, 2.75) is 17.1 Å². The normalized spacial score (nSPS) is 11.9.